The monoisotopic (exact) mass is 263 g/mol. The molecule has 0 aromatic carbocycles. The highest BCUT2D eigenvalue weighted by molar-refractivity contribution is 4.83. The molecular weight excluding hydrogens is 242 g/mol. The van der Waals surface area contributed by atoms with Gasteiger partial charge < -0.3 is 34.3 Å². The molecule has 7 heteroatoms. The quantitative estimate of drug-likeness (QED) is 0.498. The predicted octanol–water partition coefficient (Wildman–Crippen LogP) is -0.840. The Morgan fingerprint density at radius 1 is 1.39 bits per heavy atom. The summed E-state index contributed by atoms with van der Waals surface area (Å²) < 4.78 is 14.8. The summed E-state index contributed by atoms with van der Waals surface area (Å²) in [7, 11) is 1.48. The molecule has 2 heterocycles. The molecule has 2 N–H and O–H groups in total. The van der Waals surface area contributed by atoms with Gasteiger partial charge in [-0.05, 0) is 6.92 Å². The molecule has 0 saturated carbocycles. The van der Waals surface area contributed by atoms with Gasteiger partial charge in [-0.25, -0.2) is 0 Å². The SMILES string of the molecule is CO[C@@H]1C[N+]([O-])(C2C[C@@H](O)O[C@@H](C)[C@H]2O)CCO1. The van der Waals surface area contributed by atoms with Crippen LogP contribution in [0.4, 0.5) is 0 Å². The summed E-state index contributed by atoms with van der Waals surface area (Å²) in [5.74, 6) is 0. The van der Waals surface area contributed by atoms with Gasteiger partial charge in [0.05, 0.1) is 19.1 Å². The molecular formula is C11H21NO6. The van der Waals surface area contributed by atoms with Gasteiger partial charge in [-0.2, -0.15) is 0 Å². The lowest BCUT2D eigenvalue weighted by Crippen LogP contribution is -2.67. The van der Waals surface area contributed by atoms with Crippen molar-refractivity contribution in [1.29, 1.82) is 0 Å². The normalized spacial score (nSPS) is 50.2. The summed E-state index contributed by atoms with van der Waals surface area (Å²) in [6.45, 7) is 2.32. The van der Waals surface area contributed by atoms with Crippen molar-refractivity contribution < 1.29 is 29.1 Å². The Bertz CT molecular complexity index is 291. The second-order valence-corrected chi connectivity index (χ2v) is 4.98. The molecule has 2 aliphatic rings. The van der Waals surface area contributed by atoms with E-state index in [2.05, 4.69) is 0 Å². The van der Waals surface area contributed by atoms with Gasteiger partial charge in [-0.15, -0.1) is 0 Å². The van der Waals surface area contributed by atoms with Gasteiger partial charge in [0.1, 0.15) is 25.2 Å². The zero-order chi connectivity index (χ0) is 13.3. The van der Waals surface area contributed by atoms with E-state index in [1.165, 1.54) is 7.11 Å². The molecule has 0 aromatic heterocycles. The summed E-state index contributed by atoms with van der Waals surface area (Å²) in [6, 6.07) is -0.606. The first-order valence-electron chi connectivity index (χ1n) is 6.20. The Morgan fingerprint density at radius 2 is 2.11 bits per heavy atom. The Hall–Kier alpha value is -0.280. The maximum Gasteiger partial charge on any atom is 0.207 e. The number of nitrogens with zero attached hydrogens (tertiary/aromatic N) is 1. The van der Waals surface area contributed by atoms with Crippen LogP contribution >= 0.6 is 0 Å². The fourth-order valence-electron chi connectivity index (χ4n) is 2.69. The van der Waals surface area contributed by atoms with E-state index < -0.39 is 35.5 Å². The average Bonchev–Trinajstić information content (AvgIpc) is 2.33. The molecule has 7 nitrogen and oxygen atoms in total. The maximum atomic E-state index is 12.8. The highest BCUT2D eigenvalue weighted by Gasteiger charge is 2.46. The standard InChI is InChI=1S/C11H21NO6/c1-7-11(14)8(5-9(13)18-7)12(15)3-4-17-10(6-12)16-2/h7-11,13-14H,3-6H2,1-2H3/t7-,8?,9-,10-,11+,12?/m0/s1. The molecule has 6 atom stereocenters. The number of aliphatic hydroxyl groups is 2. The van der Waals surface area contributed by atoms with Crippen LogP contribution in [0.5, 0.6) is 0 Å². The lowest BCUT2D eigenvalue weighted by molar-refractivity contribution is -0.926. The van der Waals surface area contributed by atoms with Crippen molar-refractivity contribution in [2.45, 2.75) is 44.2 Å². The zero-order valence-electron chi connectivity index (χ0n) is 10.7. The number of aliphatic hydroxyl groups excluding tert-OH is 2. The van der Waals surface area contributed by atoms with Gasteiger partial charge in [0, 0.05) is 7.11 Å². The topological polar surface area (TPSA) is 91.2 Å². The third kappa shape index (κ3) is 2.67. The van der Waals surface area contributed by atoms with E-state index in [1.54, 1.807) is 6.92 Å². The molecule has 0 aromatic rings. The highest BCUT2D eigenvalue weighted by atomic mass is 16.7. The lowest BCUT2D eigenvalue weighted by atomic mass is 9.97. The van der Waals surface area contributed by atoms with E-state index >= 15 is 0 Å². The number of hydrogen-bond donors (Lipinski definition) is 2. The minimum atomic E-state index is -0.999. The Kier molecular flexibility index (Phi) is 4.22. The molecule has 2 unspecified atom stereocenters. The molecule has 106 valence electrons. The molecule has 0 bridgehead atoms. The van der Waals surface area contributed by atoms with Crippen molar-refractivity contribution in [1.82, 2.24) is 0 Å². The third-order valence-electron chi connectivity index (χ3n) is 3.79. The second-order valence-electron chi connectivity index (χ2n) is 4.98. The number of ether oxygens (including phenoxy) is 3. The fraction of sp³-hybridized carbons (Fsp3) is 1.00. The van der Waals surface area contributed by atoms with E-state index in [-0.39, 0.29) is 26.1 Å². The van der Waals surface area contributed by atoms with Crippen LogP contribution in [0.1, 0.15) is 13.3 Å². The summed E-state index contributed by atoms with van der Waals surface area (Å²) in [4.78, 5) is 0. The van der Waals surface area contributed by atoms with Crippen LogP contribution < -0.4 is 0 Å². The summed E-state index contributed by atoms with van der Waals surface area (Å²) in [5, 5.41) is 32.5. The summed E-state index contributed by atoms with van der Waals surface area (Å²) in [6.07, 6.45) is -2.86. The average molecular weight is 263 g/mol. The largest absolute Gasteiger partial charge is 0.632 e. The smallest absolute Gasteiger partial charge is 0.207 e. The molecule has 18 heavy (non-hydrogen) atoms. The van der Waals surface area contributed by atoms with E-state index in [4.69, 9.17) is 14.2 Å². The number of rotatable bonds is 2. The van der Waals surface area contributed by atoms with Gasteiger partial charge in [-0.1, -0.05) is 0 Å². The van der Waals surface area contributed by atoms with Crippen LogP contribution in [0.3, 0.4) is 0 Å². The Labute approximate surface area is 106 Å². The van der Waals surface area contributed by atoms with Crippen LogP contribution in [-0.2, 0) is 14.2 Å². The molecule has 0 aliphatic carbocycles. The zero-order valence-corrected chi connectivity index (χ0v) is 10.7. The summed E-state index contributed by atoms with van der Waals surface area (Å²) in [5.41, 5.74) is 0. The number of hydroxylamine groups is 3. The predicted molar refractivity (Wildman–Crippen MR) is 61.1 cm³/mol. The molecule has 2 rings (SSSR count). The van der Waals surface area contributed by atoms with Gasteiger partial charge in [0.15, 0.2) is 6.29 Å². The van der Waals surface area contributed by atoms with Gasteiger partial charge in [0.2, 0.25) is 6.29 Å². The van der Waals surface area contributed by atoms with Crippen molar-refractivity contribution in [2.75, 3.05) is 26.8 Å². The number of morpholine rings is 1. The van der Waals surface area contributed by atoms with E-state index in [0.717, 1.165) is 0 Å². The van der Waals surface area contributed by atoms with Gasteiger partial charge in [0.25, 0.3) is 0 Å². The number of methoxy groups -OCH3 is 1. The Balaban J connectivity index is 2.12. The molecule has 2 fully saturated rings. The first-order valence-corrected chi connectivity index (χ1v) is 6.20. The van der Waals surface area contributed by atoms with E-state index in [0.29, 0.717) is 0 Å². The third-order valence-corrected chi connectivity index (χ3v) is 3.79. The minimum absolute atomic E-state index is 0.123. The second kappa shape index (κ2) is 5.38. The first kappa shape index (κ1) is 14.1. The van der Waals surface area contributed by atoms with Crippen molar-refractivity contribution in [2.24, 2.45) is 0 Å². The minimum Gasteiger partial charge on any atom is -0.632 e. The molecule has 2 aliphatic heterocycles. The number of quaternary nitrogens is 1. The maximum absolute atomic E-state index is 12.8. The van der Waals surface area contributed by atoms with Crippen LogP contribution in [0.15, 0.2) is 0 Å². The van der Waals surface area contributed by atoms with Gasteiger partial charge in [-0.3, -0.25) is 0 Å². The van der Waals surface area contributed by atoms with Crippen LogP contribution in [0.2, 0.25) is 0 Å². The highest BCUT2D eigenvalue weighted by Crippen LogP contribution is 2.30. The van der Waals surface area contributed by atoms with Crippen molar-refractivity contribution in [3.63, 3.8) is 0 Å². The van der Waals surface area contributed by atoms with E-state index in [9.17, 15) is 15.4 Å². The fourth-order valence-corrected chi connectivity index (χ4v) is 2.69. The molecule has 2 saturated heterocycles. The van der Waals surface area contributed by atoms with Crippen LogP contribution in [0, 0.1) is 5.21 Å². The first-order chi connectivity index (χ1) is 8.46. The summed E-state index contributed by atoms with van der Waals surface area (Å²) >= 11 is 0. The van der Waals surface area contributed by atoms with Crippen LogP contribution in [0.25, 0.3) is 0 Å². The number of hydrogen-bond acceptors (Lipinski definition) is 6. The Morgan fingerprint density at radius 3 is 2.78 bits per heavy atom. The molecule has 0 spiro atoms. The van der Waals surface area contributed by atoms with Crippen LogP contribution in [-0.4, -0.2) is 72.5 Å². The lowest BCUT2D eigenvalue weighted by Gasteiger charge is -2.55. The van der Waals surface area contributed by atoms with Crippen molar-refractivity contribution >= 4 is 0 Å². The molecule has 0 amide bonds. The molecule has 0 radical (unpaired) electrons. The van der Waals surface area contributed by atoms with E-state index in [1.807, 2.05) is 0 Å². The van der Waals surface area contributed by atoms with Crippen molar-refractivity contribution in [3.05, 3.63) is 5.21 Å². The van der Waals surface area contributed by atoms with Gasteiger partial charge >= 0.3 is 0 Å². The van der Waals surface area contributed by atoms with Crippen molar-refractivity contribution in [3.8, 4) is 0 Å².